The summed E-state index contributed by atoms with van der Waals surface area (Å²) in [6, 6.07) is 14.9. The number of halogens is 1. The first-order valence-corrected chi connectivity index (χ1v) is 11.8. The van der Waals surface area contributed by atoms with Crippen molar-refractivity contribution in [3.05, 3.63) is 65.2 Å². The minimum absolute atomic E-state index is 0. The van der Waals surface area contributed by atoms with Gasteiger partial charge in [0.25, 0.3) is 0 Å². The Morgan fingerprint density at radius 1 is 1.03 bits per heavy atom. The molecule has 0 bridgehead atoms. The molecule has 1 unspecified atom stereocenters. The van der Waals surface area contributed by atoms with E-state index in [9.17, 15) is 13.2 Å². The smallest absolute Gasteiger partial charge is 0.243 e. The van der Waals surface area contributed by atoms with Crippen LogP contribution in [0, 0.1) is 5.92 Å². The van der Waals surface area contributed by atoms with Gasteiger partial charge in [0.15, 0.2) is 5.78 Å². The summed E-state index contributed by atoms with van der Waals surface area (Å²) < 4.78 is 27.8. The van der Waals surface area contributed by atoms with Crippen LogP contribution in [0.25, 0.3) is 0 Å². The van der Waals surface area contributed by atoms with Crippen LogP contribution in [-0.4, -0.2) is 49.6 Å². The van der Waals surface area contributed by atoms with Gasteiger partial charge in [0.1, 0.15) is 0 Å². The highest BCUT2D eigenvalue weighted by Gasteiger charge is 2.31. The maximum atomic E-state index is 13.1. The lowest BCUT2D eigenvalue weighted by atomic mass is 9.95. The third kappa shape index (κ3) is 4.94. The van der Waals surface area contributed by atoms with Crippen LogP contribution in [0.3, 0.4) is 0 Å². The van der Waals surface area contributed by atoms with Gasteiger partial charge in [-0.15, -0.1) is 12.4 Å². The molecular formula is C23H29ClN2O3S. The number of sulfonamides is 1. The second kappa shape index (κ2) is 9.60. The minimum Gasteiger partial charge on any atom is -0.298 e. The molecule has 0 spiro atoms. The number of ketones is 1. The standard InChI is InChI=1S/C23H28N2O3S.ClH/c1-18(26)20-8-10-23(11-9-20)29(27,28)25-13-4-5-19(16-25)15-24-14-12-21-6-2-3-7-22(21)17-24;/h2-3,6-11,19H,4-5,12-17H2,1H3;1H. The van der Waals surface area contributed by atoms with Crippen molar-refractivity contribution in [1.29, 1.82) is 0 Å². The van der Waals surface area contributed by atoms with E-state index in [2.05, 4.69) is 29.2 Å². The first kappa shape index (κ1) is 22.9. The lowest BCUT2D eigenvalue weighted by Crippen LogP contribution is -2.44. The summed E-state index contributed by atoms with van der Waals surface area (Å²) in [7, 11) is -3.52. The number of benzene rings is 2. The van der Waals surface area contributed by atoms with Gasteiger partial charge in [-0.05, 0) is 55.4 Å². The minimum atomic E-state index is -3.52. The number of hydrogen-bond acceptors (Lipinski definition) is 4. The molecule has 2 heterocycles. The fraction of sp³-hybridized carbons (Fsp3) is 0.435. The molecule has 0 saturated carbocycles. The van der Waals surface area contributed by atoms with Gasteiger partial charge in [0.05, 0.1) is 4.90 Å². The van der Waals surface area contributed by atoms with Crippen molar-refractivity contribution in [3.8, 4) is 0 Å². The summed E-state index contributed by atoms with van der Waals surface area (Å²) in [5, 5.41) is 0. The van der Waals surface area contributed by atoms with Gasteiger partial charge >= 0.3 is 0 Å². The fourth-order valence-electron chi connectivity index (χ4n) is 4.48. The molecule has 5 nitrogen and oxygen atoms in total. The van der Waals surface area contributed by atoms with Crippen LogP contribution in [0.2, 0.25) is 0 Å². The summed E-state index contributed by atoms with van der Waals surface area (Å²) in [5.74, 6) is 0.287. The number of nitrogens with zero attached hydrogens (tertiary/aromatic N) is 2. The first-order valence-electron chi connectivity index (χ1n) is 10.3. The van der Waals surface area contributed by atoms with Gasteiger partial charge in [0.2, 0.25) is 10.0 Å². The Balaban J connectivity index is 0.00000256. The quantitative estimate of drug-likeness (QED) is 0.653. The van der Waals surface area contributed by atoms with Crippen LogP contribution < -0.4 is 0 Å². The van der Waals surface area contributed by atoms with Gasteiger partial charge in [-0.1, -0.05) is 36.4 Å². The zero-order chi connectivity index (χ0) is 20.4. The van der Waals surface area contributed by atoms with Crippen molar-refractivity contribution in [2.45, 2.75) is 37.6 Å². The Morgan fingerprint density at radius 3 is 2.43 bits per heavy atom. The number of carbonyl (C=O) groups is 1. The lowest BCUT2D eigenvalue weighted by molar-refractivity contribution is 0.101. The molecule has 2 aliphatic heterocycles. The van der Waals surface area contributed by atoms with Crippen molar-refractivity contribution in [3.63, 3.8) is 0 Å². The second-order valence-corrected chi connectivity index (χ2v) is 10.1. The largest absolute Gasteiger partial charge is 0.298 e. The topological polar surface area (TPSA) is 57.7 Å². The van der Waals surface area contributed by atoms with Gasteiger partial charge in [0, 0.05) is 38.3 Å². The molecule has 1 fully saturated rings. The monoisotopic (exact) mass is 448 g/mol. The normalized spacial score (nSPS) is 20.2. The molecule has 1 atom stereocenters. The van der Waals surface area contributed by atoms with Gasteiger partial charge < -0.3 is 0 Å². The van der Waals surface area contributed by atoms with Crippen LogP contribution in [0.5, 0.6) is 0 Å². The van der Waals surface area contributed by atoms with E-state index < -0.39 is 10.0 Å². The summed E-state index contributed by atoms with van der Waals surface area (Å²) in [5.41, 5.74) is 3.36. The molecule has 0 amide bonds. The van der Waals surface area contributed by atoms with E-state index in [1.165, 1.54) is 18.1 Å². The van der Waals surface area contributed by atoms with Crippen LogP contribution in [-0.2, 0) is 23.0 Å². The van der Waals surface area contributed by atoms with E-state index in [0.717, 1.165) is 38.9 Å². The van der Waals surface area contributed by atoms with E-state index in [-0.39, 0.29) is 23.1 Å². The molecule has 0 N–H and O–H groups in total. The van der Waals surface area contributed by atoms with E-state index >= 15 is 0 Å². The summed E-state index contributed by atoms with van der Waals surface area (Å²) in [6.07, 6.45) is 3.01. The van der Waals surface area contributed by atoms with Gasteiger partial charge in [-0.25, -0.2) is 8.42 Å². The number of fused-ring (bicyclic) bond motifs is 1. The number of rotatable bonds is 5. The van der Waals surface area contributed by atoms with Crippen LogP contribution >= 0.6 is 12.4 Å². The van der Waals surface area contributed by atoms with Crippen molar-refractivity contribution in [1.82, 2.24) is 9.21 Å². The molecule has 1 saturated heterocycles. The van der Waals surface area contributed by atoms with Gasteiger partial charge in [-0.2, -0.15) is 4.31 Å². The average Bonchev–Trinajstić information content (AvgIpc) is 2.74. The number of hydrogen-bond donors (Lipinski definition) is 0. The molecule has 7 heteroatoms. The summed E-state index contributed by atoms with van der Waals surface area (Å²) in [6.45, 7) is 5.53. The molecule has 0 aromatic heterocycles. The molecular weight excluding hydrogens is 420 g/mol. The van der Waals surface area contributed by atoms with E-state index in [0.29, 0.717) is 24.6 Å². The molecule has 30 heavy (non-hydrogen) atoms. The third-order valence-electron chi connectivity index (χ3n) is 6.11. The summed E-state index contributed by atoms with van der Waals surface area (Å²) in [4.78, 5) is 14.2. The molecule has 2 aromatic carbocycles. The average molecular weight is 449 g/mol. The molecule has 0 radical (unpaired) electrons. The Kier molecular flexibility index (Phi) is 7.34. The highest BCUT2D eigenvalue weighted by atomic mass is 35.5. The van der Waals surface area contributed by atoms with Crippen molar-refractivity contribution in [2.24, 2.45) is 5.92 Å². The van der Waals surface area contributed by atoms with E-state index in [1.807, 2.05) is 0 Å². The highest BCUT2D eigenvalue weighted by molar-refractivity contribution is 7.89. The van der Waals surface area contributed by atoms with E-state index in [1.54, 1.807) is 28.6 Å². The van der Waals surface area contributed by atoms with E-state index in [4.69, 9.17) is 0 Å². The Morgan fingerprint density at radius 2 is 1.73 bits per heavy atom. The molecule has 2 aromatic rings. The Labute approximate surface area is 185 Å². The highest BCUT2D eigenvalue weighted by Crippen LogP contribution is 2.26. The van der Waals surface area contributed by atoms with Gasteiger partial charge in [-0.3, -0.25) is 9.69 Å². The third-order valence-corrected chi connectivity index (χ3v) is 7.99. The maximum absolute atomic E-state index is 13.1. The van der Waals surface area contributed by atoms with Crippen LogP contribution in [0.4, 0.5) is 0 Å². The van der Waals surface area contributed by atoms with Crippen LogP contribution in [0.1, 0.15) is 41.3 Å². The number of Topliss-reactive ketones (excluding diaryl/α,β-unsaturated/α-hetero) is 1. The van der Waals surface area contributed by atoms with Crippen molar-refractivity contribution >= 4 is 28.2 Å². The molecule has 2 aliphatic rings. The number of piperidine rings is 1. The number of carbonyl (C=O) groups excluding carboxylic acids is 1. The van der Waals surface area contributed by atoms with Crippen molar-refractivity contribution in [2.75, 3.05) is 26.2 Å². The van der Waals surface area contributed by atoms with Crippen LogP contribution in [0.15, 0.2) is 53.4 Å². The second-order valence-electron chi connectivity index (χ2n) is 8.21. The zero-order valence-corrected chi connectivity index (χ0v) is 18.9. The SMILES string of the molecule is CC(=O)c1ccc(S(=O)(=O)N2CCCC(CN3CCc4ccccc4C3)C2)cc1.Cl. The zero-order valence-electron chi connectivity index (χ0n) is 17.3. The Hall–Kier alpha value is -1.73. The molecule has 4 rings (SSSR count). The Bertz CT molecular complexity index is 992. The lowest BCUT2D eigenvalue weighted by Gasteiger charge is -2.36. The predicted molar refractivity (Wildman–Crippen MR) is 121 cm³/mol. The first-order chi connectivity index (χ1) is 13.9. The van der Waals surface area contributed by atoms with Crippen molar-refractivity contribution < 1.29 is 13.2 Å². The fourth-order valence-corrected chi connectivity index (χ4v) is 6.03. The molecule has 0 aliphatic carbocycles. The summed E-state index contributed by atoms with van der Waals surface area (Å²) >= 11 is 0. The predicted octanol–water partition coefficient (Wildman–Crippen LogP) is 3.77. The molecule has 162 valence electrons. The maximum Gasteiger partial charge on any atom is 0.243 e.